The second-order valence-electron chi connectivity index (χ2n) is 3.27. The molecule has 0 bridgehead atoms. The molecule has 16 heavy (non-hydrogen) atoms. The molecule has 5 heteroatoms. The van der Waals surface area contributed by atoms with Gasteiger partial charge in [-0.15, -0.1) is 0 Å². The third-order valence-electron chi connectivity index (χ3n) is 2.34. The van der Waals surface area contributed by atoms with Crippen LogP contribution in [-0.4, -0.2) is 23.6 Å². The molecule has 2 rings (SSSR count). The topological polar surface area (TPSA) is 81.0 Å². The van der Waals surface area contributed by atoms with Crippen LogP contribution >= 0.6 is 0 Å². The first-order valence-corrected chi connectivity index (χ1v) is 4.68. The Hall–Kier alpha value is -2.30. The Kier molecular flexibility index (Phi) is 2.59. The first-order chi connectivity index (χ1) is 7.76. The number of H-pyrrole nitrogens is 1. The van der Waals surface area contributed by atoms with Crippen molar-refractivity contribution in [3.63, 3.8) is 0 Å². The molecule has 1 aromatic heterocycles. The summed E-state index contributed by atoms with van der Waals surface area (Å²) in [4.78, 5) is 11.0. The number of aromatic nitrogens is 2. The van der Waals surface area contributed by atoms with E-state index in [9.17, 15) is 4.79 Å². The van der Waals surface area contributed by atoms with Gasteiger partial charge in [-0.25, -0.2) is 0 Å². The van der Waals surface area contributed by atoms with Gasteiger partial charge in [0.1, 0.15) is 11.6 Å². The van der Waals surface area contributed by atoms with Gasteiger partial charge in [-0.3, -0.25) is 9.89 Å². The number of hydrogen-bond donors (Lipinski definition) is 2. The summed E-state index contributed by atoms with van der Waals surface area (Å²) in [6, 6.07) is 5.22. The van der Waals surface area contributed by atoms with E-state index in [1.807, 2.05) is 0 Å². The smallest absolute Gasteiger partial charge is 0.150 e. The first kappa shape index (κ1) is 10.2. The number of methoxy groups -OCH3 is 1. The van der Waals surface area contributed by atoms with Crippen LogP contribution in [0.5, 0.6) is 5.75 Å². The molecule has 0 saturated heterocycles. The summed E-state index contributed by atoms with van der Waals surface area (Å²) in [6.07, 6.45) is 2.36. The fourth-order valence-electron chi connectivity index (χ4n) is 1.52. The highest BCUT2D eigenvalue weighted by Gasteiger charge is 2.10. The lowest BCUT2D eigenvalue weighted by molar-refractivity contribution is 0.112. The maximum absolute atomic E-state index is 11.0. The largest absolute Gasteiger partial charge is 0.497 e. The van der Waals surface area contributed by atoms with E-state index in [1.54, 1.807) is 31.5 Å². The van der Waals surface area contributed by atoms with Gasteiger partial charge in [-0.1, -0.05) is 0 Å². The van der Waals surface area contributed by atoms with Crippen LogP contribution in [0.15, 0.2) is 24.4 Å². The number of aromatic amines is 1. The average molecular weight is 217 g/mol. The van der Waals surface area contributed by atoms with Crippen molar-refractivity contribution in [2.75, 3.05) is 12.8 Å². The predicted molar refractivity (Wildman–Crippen MR) is 60.4 cm³/mol. The maximum Gasteiger partial charge on any atom is 0.150 e. The second-order valence-corrected chi connectivity index (χ2v) is 3.27. The van der Waals surface area contributed by atoms with Crippen LogP contribution in [0.2, 0.25) is 0 Å². The van der Waals surface area contributed by atoms with Crippen LogP contribution in [0.1, 0.15) is 10.4 Å². The number of ether oxygens (including phenoxy) is 1. The Bertz CT molecular complexity index is 520. The van der Waals surface area contributed by atoms with Gasteiger partial charge < -0.3 is 10.5 Å². The summed E-state index contributed by atoms with van der Waals surface area (Å²) >= 11 is 0. The van der Waals surface area contributed by atoms with Crippen LogP contribution < -0.4 is 10.5 Å². The third kappa shape index (κ3) is 1.63. The molecule has 1 heterocycles. The highest BCUT2D eigenvalue weighted by Crippen LogP contribution is 2.28. The molecule has 3 N–H and O–H groups in total. The van der Waals surface area contributed by atoms with E-state index in [0.29, 0.717) is 22.7 Å². The minimum Gasteiger partial charge on any atom is -0.497 e. The number of rotatable bonds is 3. The van der Waals surface area contributed by atoms with Crippen LogP contribution in [0, 0.1) is 0 Å². The summed E-state index contributed by atoms with van der Waals surface area (Å²) in [5.41, 5.74) is 7.67. The van der Waals surface area contributed by atoms with Crippen LogP contribution in [0.25, 0.3) is 11.1 Å². The summed E-state index contributed by atoms with van der Waals surface area (Å²) in [7, 11) is 1.55. The van der Waals surface area contributed by atoms with E-state index >= 15 is 0 Å². The van der Waals surface area contributed by atoms with Crippen molar-refractivity contribution in [3.8, 4) is 16.9 Å². The zero-order valence-corrected chi connectivity index (χ0v) is 8.73. The Balaban J connectivity index is 2.57. The fraction of sp³-hybridized carbons (Fsp3) is 0.0909. The standard InChI is InChI=1S/C11H11N3O2/c1-16-8-2-3-9(7(4-8)6-15)10-5-13-14-11(10)12/h2-6H,1H3,(H3,12,13,14). The molecular weight excluding hydrogens is 206 g/mol. The number of anilines is 1. The molecule has 1 aromatic carbocycles. The zero-order chi connectivity index (χ0) is 11.5. The van der Waals surface area contributed by atoms with Crippen molar-refractivity contribution in [1.82, 2.24) is 10.2 Å². The summed E-state index contributed by atoms with van der Waals surface area (Å²) in [6.45, 7) is 0. The van der Waals surface area contributed by atoms with Gasteiger partial charge in [0, 0.05) is 11.1 Å². The molecule has 0 aliphatic carbocycles. The number of nitrogen functional groups attached to an aromatic ring is 1. The van der Waals surface area contributed by atoms with Crippen molar-refractivity contribution in [3.05, 3.63) is 30.0 Å². The van der Waals surface area contributed by atoms with Crippen molar-refractivity contribution in [2.24, 2.45) is 0 Å². The number of nitrogens with two attached hydrogens (primary N) is 1. The van der Waals surface area contributed by atoms with Crippen LogP contribution in [0.3, 0.4) is 0 Å². The van der Waals surface area contributed by atoms with Gasteiger partial charge in [0.25, 0.3) is 0 Å². The molecule has 82 valence electrons. The number of aldehydes is 1. The summed E-state index contributed by atoms with van der Waals surface area (Å²) < 4.78 is 5.05. The van der Waals surface area contributed by atoms with Crippen molar-refractivity contribution in [1.29, 1.82) is 0 Å². The van der Waals surface area contributed by atoms with E-state index in [4.69, 9.17) is 10.5 Å². The van der Waals surface area contributed by atoms with Gasteiger partial charge in [0.05, 0.1) is 13.3 Å². The normalized spacial score (nSPS) is 10.1. The van der Waals surface area contributed by atoms with E-state index in [2.05, 4.69) is 10.2 Å². The summed E-state index contributed by atoms with van der Waals surface area (Å²) in [5, 5.41) is 6.45. The van der Waals surface area contributed by atoms with Gasteiger partial charge in [0.2, 0.25) is 0 Å². The minimum atomic E-state index is 0.438. The average Bonchev–Trinajstić information content (AvgIpc) is 2.74. The van der Waals surface area contributed by atoms with Crippen LogP contribution in [0.4, 0.5) is 5.82 Å². The Morgan fingerprint density at radius 2 is 2.25 bits per heavy atom. The van der Waals surface area contributed by atoms with E-state index in [0.717, 1.165) is 11.8 Å². The first-order valence-electron chi connectivity index (χ1n) is 4.68. The Morgan fingerprint density at radius 3 is 2.81 bits per heavy atom. The highest BCUT2D eigenvalue weighted by atomic mass is 16.5. The Morgan fingerprint density at radius 1 is 1.44 bits per heavy atom. The maximum atomic E-state index is 11.0. The Labute approximate surface area is 92.2 Å². The zero-order valence-electron chi connectivity index (χ0n) is 8.73. The second kappa shape index (κ2) is 4.06. The molecule has 0 amide bonds. The number of hydrogen-bond acceptors (Lipinski definition) is 4. The SMILES string of the molecule is COc1ccc(-c2cn[nH]c2N)c(C=O)c1. The predicted octanol–water partition coefficient (Wildman–Crippen LogP) is 1.48. The summed E-state index contributed by atoms with van der Waals surface area (Å²) in [5.74, 6) is 1.07. The fourth-order valence-corrected chi connectivity index (χ4v) is 1.52. The molecule has 0 fully saturated rings. The van der Waals surface area contributed by atoms with Gasteiger partial charge in [0.15, 0.2) is 6.29 Å². The quantitative estimate of drug-likeness (QED) is 0.763. The molecule has 0 atom stereocenters. The lowest BCUT2D eigenvalue weighted by atomic mass is 10.0. The molecule has 0 spiro atoms. The number of benzene rings is 1. The molecule has 2 aromatic rings. The minimum absolute atomic E-state index is 0.438. The monoisotopic (exact) mass is 217 g/mol. The van der Waals surface area contributed by atoms with Gasteiger partial charge >= 0.3 is 0 Å². The molecule has 0 unspecified atom stereocenters. The highest BCUT2D eigenvalue weighted by molar-refractivity contribution is 5.90. The molecule has 0 aliphatic heterocycles. The van der Waals surface area contributed by atoms with E-state index in [-0.39, 0.29) is 0 Å². The lowest BCUT2D eigenvalue weighted by Gasteiger charge is -2.06. The molecule has 0 radical (unpaired) electrons. The lowest BCUT2D eigenvalue weighted by Crippen LogP contribution is -1.93. The number of nitrogens with one attached hydrogen (secondary N) is 1. The van der Waals surface area contributed by atoms with Crippen LogP contribution in [-0.2, 0) is 0 Å². The number of carbonyl (C=O) groups excluding carboxylic acids is 1. The molecule has 5 nitrogen and oxygen atoms in total. The van der Waals surface area contributed by atoms with Crippen molar-refractivity contribution < 1.29 is 9.53 Å². The third-order valence-corrected chi connectivity index (χ3v) is 2.34. The molecule has 0 aliphatic rings. The molecule has 0 saturated carbocycles. The van der Waals surface area contributed by atoms with E-state index < -0.39 is 0 Å². The molecular formula is C11H11N3O2. The number of nitrogens with zero attached hydrogens (tertiary/aromatic N) is 1. The van der Waals surface area contributed by atoms with Gasteiger partial charge in [-0.05, 0) is 23.8 Å². The van der Waals surface area contributed by atoms with Crippen molar-refractivity contribution >= 4 is 12.1 Å². The number of carbonyl (C=O) groups is 1. The van der Waals surface area contributed by atoms with Gasteiger partial charge in [-0.2, -0.15) is 5.10 Å². The van der Waals surface area contributed by atoms with Crippen molar-refractivity contribution in [2.45, 2.75) is 0 Å². The van der Waals surface area contributed by atoms with E-state index in [1.165, 1.54) is 0 Å².